The maximum Gasteiger partial charge on any atom is 0.317 e. The van der Waals surface area contributed by atoms with Crippen molar-refractivity contribution < 1.29 is 17.4 Å². The van der Waals surface area contributed by atoms with Crippen LogP contribution in [0.3, 0.4) is 0 Å². The fourth-order valence-electron chi connectivity index (χ4n) is 3.23. The number of hydrogen-bond acceptors (Lipinski definition) is 5. The second-order valence-electron chi connectivity index (χ2n) is 5.51. The summed E-state index contributed by atoms with van der Waals surface area (Å²) in [7, 11) is -2.01. The van der Waals surface area contributed by atoms with E-state index in [-0.39, 0.29) is 6.04 Å². The Hall–Kier alpha value is -1.89. The van der Waals surface area contributed by atoms with Gasteiger partial charge in [0.2, 0.25) is 0 Å². The third-order valence-corrected chi connectivity index (χ3v) is 5.77. The molecule has 0 unspecified atom stereocenters. The molecule has 2 aromatic rings. The fourth-order valence-corrected chi connectivity index (χ4v) is 4.89. The molecule has 0 spiro atoms. The van der Waals surface area contributed by atoms with Gasteiger partial charge in [-0.3, -0.25) is 4.84 Å². The molecule has 114 valence electrons. The normalized spacial score (nSPS) is 29.4. The molecule has 2 heterocycles. The van der Waals surface area contributed by atoms with Gasteiger partial charge in [-0.05, 0) is 11.6 Å². The van der Waals surface area contributed by atoms with E-state index >= 15 is 0 Å². The zero-order chi connectivity index (χ0) is 15.3. The highest BCUT2D eigenvalue weighted by atomic mass is 32.2. The van der Waals surface area contributed by atoms with Gasteiger partial charge in [-0.15, -0.1) is 0 Å². The van der Waals surface area contributed by atoms with Gasteiger partial charge in [0.15, 0.2) is 5.25 Å². The Kier molecular flexibility index (Phi) is 3.00. The second-order valence-corrected chi connectivity index (χ2v) is 7.20. The lowest BCUT2D eigenvalue weighted by Crippen LogP contribution is -2.38. The summed E-state index contributed by atoms with van der Waals surface area (Å²) >= 11 is 0. The minimum Gasteiger partial charge on any atom is -0.382 e. The van der Waals surface area contributed by atoms with Crippen molar-refractivity contribution in [1.82, 2.24) is 5.06 Å². The van der Waals surface area contributed by atoms with E-state index in [1.165, 1.54) is 0 Å². The van der Waals surface area contributed by atoms with Crippen molar-refractivity contribution in [3.63, 3.8) is 0 Å². The Balaban J connectivity index is 1.87. The Bertz CT molecular complexity index is 806. The third kappa shape index (κ3) is 1.95. The Morgan fingerprint density at radius 2 is 1.68 bits per heavy atom. The minimum absolute atomic E-state index is 0.375. The van der Waals surface area contributed by atoms with E-state index in [1.807, 2.05) is 42.5 Å². The maximum atomic E-state index is 12.6. The lowest BCUT2D eigenvalue weighted by atomic mass is 9.96. The van der Waals surface area contributed by atoms with Crippen molar-refractivity contribution in [2.75, 3.05) is 7.05 Å². The van der Waals surface area contributed by atoms with Crippen LogP contribution in [0.15, 0.2) is 54.6 Å². The first-order valence-corrected chi connectivity index (χ1v) is 8.52. The molecule has 2 aliphatic rings. The van der Waals surface area contributed by atoms with Crippen molar-refractivity contribution in [3.05, 3.63) is 65.7 Å². The lowest BCUT2D eigenvalue weighted by molar-refractivity contribution is -0.145. The third-order valence-electron chi connectivity index (χ3n) is 4.19. The molecule has 0 saturated carbocycles. The van der Waals surface area contributed by atoms with Gasteiger partial charge in [-0.2, -0.15) is 13.5 Å². The first kappa shape index (κ1) is 13.8. The molecule has 0 amide bonds. The molecule has 2 aromatic carbocycles. The summed E-state index contributed by atoms with van der Waals surface area (Å²) in [6.45, 7) is 0. The zero-order valence-corrected chi connectivity index (χ0v) is 12.7. The van der Waals surface area contributed by atoms with Gasteiger partial charge in [0.1, 0.15) is 11.9 Å². The molecule has 0 radical (unpaired) electrons. The predicted molar refractivity (Wildman–Crippen MR) is 80.5 cm³/mol. The van der Waals surface area contributed by atoms with E-state index in [0.29, 0.717) is 5.75 Å². The van der Waals surface area contributed by atoms with Gasteiger partial charge in [-0.1, -0.05) is 48.5 Å². The highest BCUT2D eigenvalue weighted by Crippen LogP contribution is 2.50. The van der Waals surface area contributed by atoms with Gasteiger partial charge < -0.3 is 4.18 Å². The Morgan fingerprint density at radius 1 is 1.00 bits per heavy atom. The maximum absolute atomic E-state index is 12.6. The van der Waals surface area contributed by atoms with Crippen LogP contribution in [0.25, 0.3) is 0 Å². The fraction of sp³-hybridized carbons (Fsp3) is 0.250. The number of benzene rings is 2. The quantitative estimate of drug-likeness (QED) is 0.756. The van der Waals surface area contributed by atoms with Gasteiger partial charge in [0, 0.05) is 12.6 Å². The molecule has 6 heteroatoms. The molecule has 1 saturated heterocycles. The van der Waals surface area contributed by atoms with Crippen LogP contribution in [-0.4, -0.2) is 25.8 Å². The van der Waals surface area contributed by atoms with E-state index in [9.17, 15) is 8.42 Å². The van der Waals surface area contributed by atoms with Crippen LogP contribution in [0.5, 0.6) is 5.75 Å². The van der Waals surface area contributed by atoms with Crippen LogP contribution in [-0.2, 0) is 15.0 Å². The van der Waals surface area contributed by atoms with Crippen LogP contribution in [0.1, 0.15) is 23.3 Å². The van der Waals surface area contributed by atoms with Crippen LogP contribution in [0.4, 0.5) is 0 Å². The summed E-state index contributed by atoms with van der Waals surface area (Å²) in [6, 6.07) is 16.2. The summed E-state index contributed by atoms with van der Waals surface area (Å²) < 4.78 is 30.6. The summed E-state index contributed by atoms with van der Waals surface area (Å²) in [5.41, 5.74) is 1.66. The van der Waals surface area contributed by atoms with Gasteiger partial charge in [-0.25, -0.2) is 0 Å². The number of fused-ring (bicyclic) bond motifs is 3. The molecule has 3 atom stereocenters. The Labute approximate surface area is 129 Å². The molecule has 1 fully saturated rings. The summed E-state index contributed by atoms with van der Waals surface area (Å²) in [5.74, 6) is 0.382. The number of para-hydroxylation sites is 1. The van der Waals surface area contributed by atoms with Gasteiger partial charge >= 0.3 is 10.1 Å². The Morgan fingerprint density at radius 3 is 2.45 bits per heavy atom. The van der Waals surface area contributed by atoms with Gasteiger partial charge in [0.05, 0.1) is 6.04 Å². The smallest absolute Gasteiger partial charge is 0.317 e. The SMILES string of the molecule is CN1O[C@@H](c2ccccc2)[C@H]2[C@@H]1c1ccccc1OS2(=O)=O. The van der Waals surface area contributed by atoms with Crippen molar-refractivity contribution in [2.24, 2.45) is 0 Å². The predicted octanol–water partition coefficient (Wildman–Crippen LogP) is 2.44. The summed E-state index contributed by atoms with van der Waals surface area (Å²) in [5, 5.41) is 0.844. The first-order valence-electron chi connectivity index (χ1n) is 7.05. The van der Waals surface area contributed by atoms with Crippen LogP contribution in [0, 0.1) is 0 Å². The zero-order valence-electron chi connectivity index (χ0n) is 11.9. The van der Waals surface area contributed by atoms with Gasteiger partial charge in [0.25, 0.3) is 0 Å². The largest absolute Gasteiger partial charge is 0.382 e. The van der Waals surface area contributed by atoms with E-state index in [4.69, 9.17) is 9.02 Å². The number of rotatable bonds is 1. The standard InChI is InChI=1S/C16H15NO4S/c1-17-14-12-9-5-6-10-13(12)21-22(18,19)16(14)15(20-17)11-7-3-2-4-8-11/h2-10,14-16H,1H3/t14-,15-,16+/m0/s1. The monoisotopic (exact) mass is 317 g/mol. The highest BCUT2D eigenvalue weighted by molar-refractivity contribution is 7.87. The van der Waals surface area contributed by atoms with Crippen molar-refractivity contribution in [1.29, 1.82) is 0 Å². The molecule has 22 heavy (non-hydrogen) atoms. The highest BCUT2D eigenvalue weighted by Gasteiger charge is 2.55. The molecular weight excluding hydrogens is 302 g/mol. The van der Waals surface area contributed by atoms with Crippen molar-refractivity contribution in [3.8, 4) is 5.75 Å². The number of nitrogens with zero attached hydrogens (tertiary/aromatic N) is 1. The second kappa shape index (κ2) is 4.81. The topological polar surface area (TPSA) is 55.8 Å². The van der Waals surface area contributed by atoms with E-state index in [0.717, 1.165) is 11.1 Å². The van der Waals surface area contributed by atoms with Crippen LogP contribution in [0.2, 0.25) is 0 Å². The van der Waals surface area contributed by atoms with Crippen molar-refractivity contribution in [2.45, 2.75) is 17.4 Å². The average molecular weight is 317 g/mol. The molecular formula is C16H15NO4S. The number of hydrogen-bond donors (Lipinski definition) is 0. The van der Waals surface area contributed by atoms with E-state index < -0.39 is 21.5 Å². The number of hydroxylamine groups is 2. The molecule has 2 aliphatic heterocycles. The molecule has 0 N–H and O–H groups in total. The molecule has 5 nitrogen and oxygen atoms in total. The van der Waals surface area contributed by atoms with E-state index in [1.54, 1.807) is 24.2 Å². The lowest BCUT2D eigenvalue weighted by Gasteiger charge is -2.29. The molecule has 4 rings (SSSR count). The summed E-state index contributed by atoms with van der Waals surface area (Å²) in [6.07, 6.45) is -0.574. The molecule has 0 aromatic heterocycles. The van der Waals surface area contributed by atoms with Crippen molar-refractivity contribution >= 4 is 10.1 Å². The van der Waals surface area contributed by atoms with Crippen LogP contribution >= 0.6 is 0 Å². The molecule has 0 bridgehead atoms. The van der Waals surface area contributed by atoms with Crippen LogP contribution < -0.4 is 4.18 Å². The summed E-state index contributed by atoms with van der Waals surface area (Å²) in [4.78, 5) is 5.86. The average Bonchev–Trinajstić information content (AvgIpc) is 2.87. The minimum atomic E-state index is -3.77. The molecule has 0 aliphatic carbocycles. The first-order chi connectivity index (χ1) is 10.6. The van der Waals surface area contributed by atoms with E-state index in [2.05, 4.69) is 0 Å².